The molecule has 0 radical (unpaired) electrons. The van der Waals surface area contributed by atoms with Gasteiger partial charge in [-0.2, -0.15) is 0 Å². The van der Waals surface area contributed by atoms with Gasteiger partial charge >= 0.3 is 75.9 Å². The van der Waals surface area contributed by atoms with Crippen molar-refractivity contribution in [1.82, 2.24) is 4.98 Å². The van der Waals surface area contributed by atoms with E-state index in [9.17, 15) is 0 Å². The van der Waals surface area contributed by atoms with Gasteiger partial charge in [-0.15, -0.1) is 0 Å². The van der Waals surface area contributed by atoms with E-state index >= 15 is 0 Å². The van der Waals surface area contributed by atoms with Crippen molar-refractivity contribution in [3.05, 3.63) is 34.3 Å². The van der Waals surface area contributed by atoms with E-state index < -0.39 is 0 Å². The Morgan fingerprint density at radius 3 is 2.50 bits per heavy atom. The number of rotatable bonds is 1. The molecule has 0 spiro atoms. The van der Waals surface area contributed by atoms with Crippen LogP contribution < -0.4 is 0 Å². The summed E-state index contributed by atoms with van der Waals surface area (Å²) in [5.41, 5.74) is 2.10. The van der Waals surface area contributed by atoms with E-state index in [0.29, 0.717) is 20.3 Å². The Balaban J connectivity index is 2.43. The second-order valence-electron chi connectivity index (χ2n) is 2.42. The van der Waals surface area contributed by atoms with Crippen molar-refractivity contribution in [1.29, 1.82) is 0 Å². The fraction of sp³-hybridized carbons (Fsp3) is 0. The number of hydrogen-bond donors (Lipinski definition) is 1. The van der Waals surface area contributed by atoms with Crippen LogP contribution >= 0.6 is 0 Å². The molecule has 0 saturated heterocycles. The minimum atomic E-state index is 0.298. The van der Waals surface area contributed by atoms with Crippen LogP contribution in [-0.4, -0.2) is 24.6 Å². The molecule has 0 unspecified atom stereocenters. The second-order valence-corrected chi connectivity index (χ2v) is 3.93. The molecule has 0 aliphatic carbocycles. The van der Waals surface area contributed by atoms with Crippen LogP contribution in [0.5, 0.6) is 5.75 Å². The number of aromatic hydroxyl groups is 1. The Morgan fingerprint density at radius 2 is 1.92 bits per heavy atom. The molecule has 12 heavy (non-hydrogen) atoms. The summed E-state index contributed by atoms with van der Waals surface area (Å²) >= 11 is 0.424. The molecule has 0 amide bonds. The molecule has 1 aromatic carbocycles. The van der Waals surface area contributed by atoms with E-state index in [-0.39, 0.29) is 0 Å². The van der Waals surface area contributed by atoms with Crippen molar-refractivity contribution >= 4 is 14.5 Å². The van der Waals surface area contributed by atoms with Gasteiger partial charge in [-0.25, -0.2) is 0 Å². The maximum atomic E-state index is 9.05. The Kier molecular flexibility index (Phi) is 1.98. The zero-order valence-corrected chi connectivity index (χ0v) is 7.98. The third kappa shape index (κ3) is 1.42. The molecule has 2 nitrogen and oxygen atoms in total. The predicted molar refractivity (Wildman–Crippen MR) is 48.3 cm³/mol. The maximum absolute atomic E-state index is 9.05. The summed E-state index contributed by atoms with van der Waals surface area (Å²) in [7, 11) is 0. The van der Waals surface area contributed by atoms with Gasteiger partial charge in [0.2, 0.25) is 0 Å². The molecule has 2 rings (SSSR count). The summed E-state index contributed by atoms with van der Waals surface area (Å²) in [6.45, 7) is 0. The molecular formula is C9H7NOSe. The van der Waals surface area contributed by atoms with E-state index in [4.69, 9.17) is 5.11 Å². The first-order valence-electron chi connectivity index (χ1n) is 3.54. The molecule has 3 heteroatoms. The normalized spacial score (nSPS) is 10.0. The number of aromatic nitrogens is 1. The van der Waals surface area contributed by atoms with Crippen LogP contribution in [0.25, 0.3) is 11.3 Å². The van der Waals surface area contributed by atoms with Crippen molar-refractivity contribution < 1.29 is 5.11 Å². The van der Waals surface area contributed by atoms with Crippen molar-refractivity contribution in [3.63, 3.8) is 0 Å². The van der Waals surface area contributed by atoms with E-state index in [0.717, 1.165) is 11.3 Å². The summed E-state index contributed by atoms with van der Waals surface area (Å²) in [6.07, 6.45) is 0. The Hall–Kier alpha value is -1.05. The van der Waals surface area contributed by atoms with Crippen LogP contribution in [0.15, 0.2) is 34.3 Å². The van der Waals surface area contributed by atoms with Crippen molar-refractivity contribution in [2.24, 2.45) is 0 Å². The molecule has 0 bridgehead atoms. The number of phenols is 1. The monoisotopic (exact) mass is 225 g/mol. The van der Waals surface area contributed by atoms with E-state index in [2.05, 4.69) is 9.92 Å². The topological polar surface area (TPSA) is 33.1 Å². The van der Waals surface area contributed by atoms with Gasteiger partial charge in [0, 0.05) is 0 Å². The predicted octanol–water partition coefficient (Wildman–Crippen LogP) is 1.51. The van der Waals surface area contributed by atoms with Gasteiger partial charge in [0.05, 0.1) is 0 Å². The van der Waals surface area contributed by atoms with Gasteiger partial charge in [0.25, 0.3) is 0 Å². The quantitative estimate of drug-likeness (QED) is 0.745. The van der Waals surface area contributed by atoms with Gasteiger partial charge in [-0.05, 0) is 0 Å². The Morgan fingerprint density at radius 1 is 1.17 bits per heavy atom. The third-order valence-corrected chi connectivity index (χ3v) is 2.83. The molecule has 0 aliphatic rings. The van der Waals surface area contributed by atoms with Crippen LogP contribution in [0, 0.1) is 0 Å². The van der Waals surface area contributed by atoms with Gasteiger partial charge in [-0.3, -0.25) is 0 Å². The van der Waals surface area contributed by atoms with Gasteiger partial charge in [0.1, 0.15) is 0 Å². The summed E-state index contributed by atoms with van der Waals surface area (Å²) in [4.78, 5) is 6.34. The van der Waals surface area contributed by atoms with Gasteiger partial charge in [-0.1, -0.05) is 0 Å². The molecule has 0 saturated carbocycles. The van der Waals surface area contributed by atoms with Crippen molar-refractivity contribution in [2.45, 2.75) is 0 Å². The van der Waals surface area contributed by atoms with Crippen LogP contribution in [0.2, 0.25) is 0 Å². The average Bonchev–Trinajstić information content (AvgIpc) is 2.58. The zero-order chi connectivity index (χ0) is 8.39. The first kappa shape index (κ1) is 7.59. The Labute approximate surface area is 76.3 Å². The summed E-state index contributed by atoms with van der Waals surface area (Å²) < 4.78 is 0. The molecule has 1 aromatic heterocycles. The van der Waals surface area contributed by atoms with E-state index in [1.807, 2.05) is 17.2 Å². The average molecular weight is 224 g/mol. The molecule has 0 fully saturated rings. The zero-order valence-electron chi connectivity index (χ0n) is 6.27. The third-order valence-electron chi connectivity index (χ3n) is 1.60. The minimum absolute atomic E-state index is 0.298. The number of hydrogen-bond acceptors (Lipinski definition) is 2. The van der Waals surface area contributed by atoms with Gasteiger partial charge in [0.15, 0.2) is 0 Å². The van der Waals surface area contributed by atoms with Crippen LogP contribution in [-0.2, 0) is 0 Å². The van der Waals surface area contributed by atoms with Crippen molar-refractivity contribution in [3.8, 4) is 17.0 Å². The molecule has 1 heterocycles. The molecule has 0 aliphatic heterocycles. The molecule has 0 atom stereocenters. The number of benzene rings is 1. The standard InChI is InChI=1S/C9H7NOSe/c11-8-3-1-7(2-4-8)9-5-12-6-10-9/h1-6,11H. The fourth-order valence-corrected chi connectivity index (χ4v) is 2.16. The van der Waals surface area contributed by atoms with E-state index in [1.165, 1.54) is 0 Å². The number of phenolic OH excluding ortho intramolecular Hbond substituents is 1. The molecule has 60 valence electrons. The van der Waals surface area contributed by atoms with Gasteiger partial charge < -0.3 is 0 Å². The Bertz CT molecular complexity index is 353. The fourth-order valence-electron chi connectivity index (χ4n) is 0.987. The summed E-state index contributed by atoms with van der Waals surface area (Å²) in [5, 5.41) is 11.0. The van der Waals surface area contributed by atoms with Crippen LogP contribution in [0.4, 0.5) is 0 Å². The number of nitrogens with zero attached hydrogens (tertiary/aromatic N) is 1. The van der Waals surface area contributed by atoms with Crippen LogP contribution in [0.1, 0.15) is 0 Å². The molecule has 2 aromatic rings. The SMILES string of the molecule is Oc1ccc(-c2c[se]cn2)cc1. The van der Waals surface area contributed by atoms with Crippen LogP contribution in [0.3, 0.4) is 0 Å². The molecule has 1 N–H and O–H groups in total. The first-order valence-corrected chi connectivity index (χ1v) is 5.51. The first-order chi connectivity index (χ1) is 5.86. The molecular weight excluding hydrogens is 217 g/mol. The summed E-state index contributed by atoms with van der Waals surface area (Å²) in [6, 6.07) is 7.10. The summed E-state index contributed by atoms with van der Waals surface area (Å²) in [5.74, 6) is 0.298. The van der Waals surface area contributed by atoms with Crippen molar-refractivity contribution in [2.75, 3.05) is 0 Å². The van der Waals surface area contributed by atoms with E-state index in [1.54, 1.807) is 12.1 Å². The second kappa shape index (κ2) is 3.13.